The van der Waals surface area contributed by atoms with E-state index in [1.54, 1.807) is 6.20 Å². The first-order chi connectivity index (χ1) is 8.72. The van der Waals surface area contributed by atoms with Gasteiger partial charge in [-0.3, -0.25) is 16.3 Å². The monoisotopic (exact) mass is 263 g/mol. The molecule has 0 fully saturated rings. The van der Waals surface area contributed by atoms with Crippen LogP contribution in [-0.2, 0) is 6.42 Å². The Bertz CT molecular complexity index is 482. The fourth-order valence-corrected chi connectivity index (χ4v) is 2.69. The smallest absolute Gasteiger partial charge is 0.0829 e. The Hall–Kier alpha value is -1.37. The minimum absolute atomic E-state index is 0.0339. The average molecular weight is 263 g/mol. The molecule has 0 aliphatic carbocycles. The van der Waals surface area contributed by atoms with Crippen molar-refractivity contribution in [2.75, 3.05) is 0 Å². The fraction of sp³-hybridized carbons (Fsp3) is 0.417. The summed E-state index contributed by atoms with van der Waals surface area (Å²) < 4.78 is 4.03. The zero-order valence-electron chi connectivity index (χ0n) is 10.5. The van der Waals surface area contributed by atoms with Crippen LogP contribution in [0.3, 0.4) is 0 Å². The number of nitrogens with one attached hydrogen (secondary N) is 1. The van der Waals surface area contributed by atoms with E-state index in [9.17, 15) is 0 Å². The lowest BCUT2D eigenvalue weighted by Gasteiger charge is -2.15. The molecule has 0 saturated carbocycles. The molecule has 0 saturated heterocycles. The van der Waals surface area contributed by atoms with Gasteiger partial charge in [-0.25, -0.2) is 0 Å². The minimum Gasteiger partial charge on any atom is -0.271 e. The molecule has 2 heterocycles. The Morgan fingerprint density at radius 1 is 1.44 bits per heavy atom. The lowest BCUT2D eigenvalue weighted by molar-refractivity contribution is 0.550. The summed E-state index contributed by atoms with van der Waals surface area (Å²) in [5.74, 6) is 6.01. The highest BCUT2D eigenvalue weighted by Crippen LogP contribution is 2.27. The normalized spacial score (nSPS) is 12.9. The largest absolute Gasteiger partial charge is 0.271 e. The highest BCUT2D eigenvalue weighted by Gasteiger charge is 2.20. The van der Waals surface area contributed by atoms with Gasteiger partial charge in [0.05, 0.1) is 16.6 Å². The van der Waals surface area contributed by atoms with Crippen LogP contribution in [-0.4, -0.2) is 14.6 Å². The molecule has 2 rings (SSSR count). The number of hydrogen-bond acceptors (Lipinski definition) is 6. The van der Waals surface area contributed by atoms with Crippen LogP contribution in [0.25, 0.3) is 0 Å². The molecule has 0 aliphatic heterocycles. The minimum atomic E-state index is 0.0339. The molecular formula is C12H17N5S. The molecule has 0 bridgehead atoms. The van der Waals surface area contributed by atoms with Crippen LogP contribution < -0.4 is 11.3 Å². The number of rotatable bonds is 5. The van der Waals surface area contributed by atoms with Gasteiger partial charge in [0.15, 0.2) is 0 Å². The SMILES string of the molecule is CC(C)c1nnsc1C(Cc1cccnc1)NN. The Kier molecular flexibility index (Phi) is 4.35. The second kappa shape index (κ2) is 5.99. The molecule has 1 atom stereocenters. The zero-order valence-corrected chi connectivity index (χ0v) is 11.3. The van der Waals surface area contributed by atoms with Crippen LogP contribution in [0, 0.1) is 0 Å². The highest BCUT2D eigenvalue weighted by molar-refractivity contribution is 7.05. The Labute approximate surface area is 111 Å². The van der Waals surface area contributed by atoms with Gasteiger partial charge in [0, 0.05) is 12.4 Å². The summed E-state index contributed by atoms with van der Waals surface area (Å²) in [6, 6.07) is 4.00. The summed E-state index contributed by atoms with van der Waals surface area (Å²) >= 11 is 1.41. The highest BCUT2D eigenvalue weighted by atomic mass is 32.1. The van der Waals surface area contributed by atoms with E-state index in [2.05, 4.69) is 33.8 Å². The van der Waals surface area contributed by atoms with Crippen molar-refractivity contribution < 1.29 is 0 Å². The van der Waals surface area contributed by atoms with Crippen LogP contribution >= 0.6 is 11.5 Å². The molecule has 0 amide bonds. The van der Waals surface area contributed by atoms with E-state index in [0.717, 1.165) is 22.6 Å². The third-order valence-electron chi connectivity index (χ3n) is 2.77. The van der Waals surface area contributed by atoms with Gasteiger partial charge in [-0.05, 0) is 35.5 Å². The third-order valence-corrected chi connectivity index (χ3v) is 3.62. The van der Waals surface area contributed by atoms with Crippen LogP contribution in [0.1, 0.15) is 41.9 Å². The van der Waals surface area contributed by atoms with Gasteiger partial charge in [-0.1, -0.05) is 24.4 Å². The number of aromatic nitrogens is 3. The van der Waals surface area contributed by atoms with Crippen LogP contribution in [0.5, 0.6) is 0 Å². The van der Waals surface area contributed by atoms with Crippen LogP contribution in [0.15, 0.2) is 24.5 Å². The Balaban J connectivity index is 2.21. The summed E-state index contributed by atoms with van der Waals surface area (Å²) in [6.45, 7) is 4.22. The predicted octanol–water partition coefficient (Wildman–Crippen LogP) is 1.80. The molecule has 2 aromatic rings. The van der Waals surface area contributed by atoms with Crippen LogP contribution in [0.2, 0.25) is 0 Å². The van der Waals surface area contributed by atoms with E-state index < -0.39 is 0 Å². The van der Waals surface area contributed by atoms with Crippen molar-refractivity contribution in [1.82, 2.24) is 20.0 Å². The molecule has 0 aliphatic rings. The second-order valence-electron chi connectivity index (χ2n) is 4.46. The maximum atomic E-state index is 5.66. The van der Waals surface area contributed by atoms with Crippen molar-refractivity contribution >= 4 is 11.5 Å². The van der Waals surface area contributed by atoms with Crippen molar-refractivity contribution in [1.29, 1.82) is 0 Å². The first-order valence-electron chi connectivity index (χ1n) is 5.89. The molecule has 6 heteroatoms. The molecule has 2 aromatic heterocycles. The number of pyridine rings is 1. The summed E-state index contributed by atoms with van der Waals surface area (Å²) in [5.41, 5.74) is 5.01. The van der Waals surface area contributed by atoms with E-state index in [0.29, 0.717) is 5.92 Å². The number of nitrogens with zero attached hydrogens (tertiary/aromatic N) is 3. The third kappa shape index (κ3) is 2.90. The van der Waals surface area contributed by atoms with Gasteiger partial charge in [0.2, 0.25) is 0 Å². The standard InChI is InChI=1S/C12H17N5S/c1-8(2)11-12(18-17-16-11)10(15-13)6-9-4-3-5-14-7-9/h3-5,7-8,10,15H,6,13H2,1-2H3. The second-order valence-corrected chi connectivity index (χ2v) is 5.25. The molecule has 0 aromatic carbocycles. The van der Waals surface area contributed by atoms with E-state index in [1.165, 1.54) is 11.5 Å². The van der Waals surface area contributed by atoms with E-state index >= 15 is 0 Å². The maximum absolute atomic E-state index is 5.66. The van der Waals surface area contributed by atoms with Gasteiger partial charge >= 0.3 is 0 Å². The first kappa shape index (κ1) is 13.1. The van der Waals surface area contributed by atoms with Gasteiger partial charge in [-0.2, -0.15) is 0 Å². The van der Waals surface area contributed by atoms with E-state index in [1.807, 2.05) is 18.3 Å². The molecule has 0 spiro atoms. The number of nitrogens with two attached hydrogens (primary N) is 1. The summed E-state index contributed by atoms with van der Waals surface area (Å²) in [7, 11) is 0. The summed E-state index contributed by atoms with van der Waals surface area (Å²) in [5, 5.41) is 4.18. The van der Waals surface area contributed by atoms with Crippen molar-refractivity contribution in [3.63, 3.8) is 0 Å². The van der Waals surface area contributed by atoms with Crippen LogP contribution in [0.4, 0.5) is 0 Å². The molecule has 96 valence electrons. The Morgan fingerprint density at radius 3 is 2.89 bits per heavy atom. The van der Waals surface area contributed by atoms with Crippen molar-refractivity contribution in [3.05, 3.63) is 40.7 Å². The number of hydrazine groups is 1. The molecule has 1 unspecified atom stereocenters. The van der Waals surface area contributed by atoms with Gasteiger partial charge in [-0.15, -0.1) is 5.10 Å². The Morgan fingerprint density at radius 2 is 2.28 bits per heavy atom. The summed E-state index contributed by atoms with van der Waals surface area (Å²) in [4.78, 5) is 5.22. The van der Waals surface area contributed by atoms with Crippen molar-refractivity contribution in [3.8, 4) is 0 Å². The molecule has 3 N–H and O–H groups in total. The topological polar surface area (TPSA) is 76.7 Å². The maximum Gasteiger partial charge on any atom is 0.0829 e. The molecule has 18 heavy (non-hydrogen) atoms. The van der Waals surface area contributed by atoms with E-state index in [4.69, 9.17) is 5.84 Å². The molecule has 5 nitrogen and oxygen atoms in total. The quantitative estimate of drug-likeness (QED) is 0.635. The van der Waals surface area contributed by atoms with Gasteiger partial charge in [0.25, 0.3) is 0 Å². The first-order valence-corrected chi connectivity index (χ1v) is 6.67. The predicted molar refractivity (Wildman–Crippen MR) is 72.0 cm³/mol. The fourth-order valence-electron chi connectivity index (χ4n) is 1.83. The molecular weight excluding hydrogens is 246 g/mol. The lowest BCUT2D eigenvalue weighted by atomic mass is 10.0. The van der Waals surface area contributed by atoms with Gasteiger partial charge < -0.3 is 0 Å². The summed E-state index contributed by atoms with van der Waals surface area (Å²) in [6.07, 6.45) is 4.41. The van der Waals surface area contributed by atoms with Crippen molar-refractivity contribution in [2.24, 2.45) is 5.84 Å². The average Bonchev–Trinajstić information content (AvgIpc) is 2.86. The zero-order chi connectivity index (χ0) is 13.0. The van der Waals surface area contributed by atoms with Gasteiger partial charge in [0.1, 0.15) is 0 Å². The lowest BCUT2D eigenvalue weighted by Crippen LogP contribution is -2.29. The van der Waals surface area contributed by atoms with Crippen molar-refractivity contribution in [2.45, 2.75) is 32.2 Å². The number of hydrogen-bond donors (Lipinski definition) is 2. The molecule has 0 radical (unpaired) electrons. The van der Waals surface area contributed by atoms with E-state index in [-0.39, 0.29) is 6.04 Å².